The van der Waals surface area contributed by atoms with Crippen LogP contribution in [0.1, 0.15) is 29.6 Å². The number of hydrogen-bond donors (Lipinski definition) is 2. The number of carboxylic acids is 1. The molecule has 0 radical (unpaired) electrons. The van der Waals surface area contributed by atoms with Gasteiger partial charge < -0.3 is 19.9 Å². The SMILES string of the molecule is COc1ccc(C(=O)O)c(NC2CC3CCC2O3)c1. The zero-order valence-corrected chi connectivity index (χ0v) is 10.8. The van der Waals surface area contributed by atoms with Gasteiger partial charge in [0.25, 0.3) is 0 Å². The van der Waals surface area contributed by atoms with Gasteiger partial charge in [-0.2, -0.15) is 0 Å². The van der Waals surface area contributed by atoms with Gasteiger partial charge in [0.05, 0.1) is 36.6 Å². The summed E-state index contributed by atoms with van der Waals surface area (Å²) < 4.78 is 10.9. The fourth-order valence-electron chi connectivity index (χ4n) is 2.95. The quantitative estimate of drug-likeness (QED) is 0.871. The Hall–Kier alpha value is -1.75. The van der Waals surface area contributed by atoms with Crippen LogP contribution in [-0.2, 0) is 4.74 Å². The average molecular weight is 263 g/mol. The Morgan fingerprint density at radius 3 is 2.89 bits per heavy atom. The number of carbonyl (C=O) groups is 1. The number of methoxy groups -OCH3 is 1. The number of fused-ring (bicyclic) bond motifs is 2. The molecule has 0 aliphatic carbocycles. The molecule has 2 aliphatic heterocycles. The Kier molecular flexibility index (Phi) is 3.06. The molecule has 3 atom stereocenters. The summed E-state index contributed by atoms with van der Waals surface area (Å²) in [6.07, 6.45) is 3.65. The van der Waals surface area contributed by atoms with Crippen molar-refractivity contribution in [1.29, 1.82) is 0 Å². The van der Waals surface area contributed by atoms with Crippen LogP contribution in [0.25, 0.3) is 0 Å². The lowest BCUT2D eigenvalue weighted by molar-refractivity contribution is 0.0697. The summed E-state index contributed by atoms with van der Waals surface area (Å²) >= 11 is 0. The maximum Gasteiger partial charge on any atom is 0.337 e. The highest BCUT2D eigenvalue weighted by Crippen LogP contribution is 2.37. The molecule has 2 heterocycles. The fraction of sp³-hybridized carbons (Fsp3) is 0.500. The Morgan fingerprint density at radius 1 is 1.47 bits per heavy atom. The van der Waals surface area contributed by atoms with E-state index < -0.39 is 5.97 Å². The normalized spacial score (nSPS) is 28.4. The molecule has 3 unspecified atom stereocenters. The van der Waals surface area contributed by atoms with Crippen molar-refractivity contribution in [3.05, 3.63) is 23.8 Å². The maximum atomic E-state index is 11.2. The van der Waals surface area contributed by atoms with Crippen LogP contribution in [0.15, 0.2) is 18.2 Å². The van der Waals surface area contributed by atoms with E-state index in [4.69, 9.17) is 9.47 Å². The van der Waals surface area contributed by atoms with Crippen LogP contribution in [0.5, 0.6) is 5.75 Å². The third kappa shape index (κ3) is 2.26. The number of hydrogen-bond acceptors (Lipinski definition) is 4. The molecule has 2 saturated heterocycles. The summed E-state index contributed by atoms with van der Waals surface area (Å²) in [6.45, 7) is 0. The molecule has 19 heavy (non-hydrogen) atoms. The van der Waals surface area contributed by atoms with E-state index in [1.165, 1.54) is 0 Å². The van der Waals surface area contributed by atoms with Gasteiger partial charge in [-0.25, -0.2) is 4.79 Å². The number of carboxylic acid groups (broad SMARTS) is 1. The number of anilines is 1. The van der Waals surface area contributed by atoms with E-state index in [0.717, 1.165) is 19.3 Å². The van der Waals surface area contributed by atoms with Crippen molar-refractivity contribution in [2.45, 2.75) is 37.5 Å². The number of nitrogens with one attached hydrogen (secondary N) is 1. The monoisotopic (exact) mass is 263 g/mol. The molecule has 0 saturated carbocycles. The summed E-state index contributed by atoms with van der Waals surface area (Å²) in [7, 11) is 1.57. The van der Waals surface area contributed by atoms with Gasteiger partial charge in [0.2, 0.25) is 0 Å². The summed E-state index contributed by atoms with van der Waals surface area (Å²) in [5.74, 6) is -0.286. The zero-order valence-electron chi connectivity index (χ0n) is 10.8. The highest BCUT2D eigenvalue weighted by atomic mass is 16.5. The smallest absolute Gasteiger partial charge is 0.337 e. The van der Waals surface area contributed by atoms with Crippen molar-refractivity contribution in [3.63, 3.8) is 0 Å². The molecule has 3 rings (SSSR count). The minimum Gasteiger partial charge on any atom is -0.497 e. The molecule has 2 N–H and O–H groups in total. The molecule has 102 valence electrons. The Balaban J connectivity index is 1.84. The van der Waals surface area contributed by atoms with E-state index >= 15 is 0 Å². The molecule has 0 amide bonds. The van der Waals surface area contributed by atoms with Crippen LogP contribution in [0.4, 0.5) is 5.69 Å². The van der Waals surface area contributed by atoms with Gasteiger partial charge in [-0.15, -0.1) is 0 Å². The summed E-state index contributed by atoms with van der Waals surface area (Å²) in [4.78, 5) is 11.2. The Bertz CT molecular complexity index is 502. The van der Waals surface area contributed by atoms with E-state index in [1.807, 2.05) is 0 Å². The highest BCUT2D eigenvalue weighted by molar-refractivity contribution is 5.94. The second-order valence-corrected chi connectivity index (χ2v) is 5.08. The number of aromatic carboxylic acids is 1. The fourth-order valence-corrected chi connectivity index (χ4v) is 2.95. The molecule has 0 aromatic heterocycles. The van der Waals surface area contributed by atoms with Crippen molar-refractivity contribution in [2.75, 3.05) is 12.4 Å². The maximum absolute atomic E-state index is 11.2. The van der Waals surface area contributed by atoms with E-state index in [-0.39, 0.29) is 17.7 Å². The molecule has 0 spiro atoms. The molecule has 5 heteroatoms. The van der Waals surface area contributed by atoms with Gasteiger partial charge in [-0.3, -0.25) is 0 Å². The van der Waals surface area contributed by atoms with Crippen molar-refractivity contribution in [2.24, 2.45) is 0 Å². The van der Waals surface area contributed by atoms with Crippen LogP contribution >= 0.6 is 0 Å². The first-order chi connectivity index (χ1) is 9.17. The summed E-state index contributed by atoms with van der Waals surface area (Å²) in [5.41, 5.74) is 0.872. The third-order valence-corrected chi connectivity index (χ3v) is 3.90. The lowest BCUT2D eigenvalue weighted by Gasteiger charge is -2.22. The minimum atomic E-state index is -0.936. The molecule has 1 aromatic rings. The van der Waals surface area contributed by atoms with Crippen molar-refractivity contribution in [1.82, 2.24) is 0 Å². The van der Waals surface area contributed by atoms with Crippen molar-refractivity contribution >= 4 is 11.7 Å². The topological polar surface area (TPSA) is 67.8 Å². The predicted molar refractivity (Wildman–Crippen MR) is 69.9 cm³/mol. The minimum absolute atomic E-state index is 0.198. The van der Waals surface area contributed by atoms with Crippen LogP contribution in [0.2, 0.25) is 0 Å². The number of ether oxygens (including phenoxy) is 2. The molecule has 2 bridgehead atoms. The summed E-state index contributed by atoms with van der Waals surface area (Å²) in [5, 5.41) is 12.5. The first kappa shape index (κ1) is 12.3. The van der Waals surface area contributed by atoms with E-state index in [9.17, 15) is 9.90 Å². The zero-order chi connectivity index (χ0) is 13.4. The van der Waals surface area contributed by atoms with Crippen LogP contribution in [0, 0.1) is 0 Å². The predicted octanol–water partition coefficient (Wildman–Crippen LogP) is 2.13. The van der Waals surface area contributed by atoms with Gasteiger partial charge in [0, 0.05) is 6.07 Å². The van der Waals surface area contributed by atoms with E-state index in [0.29, 0.717) is 17.5 Å². The van der Waals surface area contributed by atoms with Crippen LogP contribution in [-0.4, -0.2) is 36.4 Å². The molecular formula is C14H17NO4. The van der Waals surface area contributed by atoms with E-state index in [1.54, 1.807) is 25.3 Å². The molecule has 2 fully saturated rings. The number of rotatable bonds is 4. The van der Waals surface area contributed by atoms with Gasteiger partial charge in [-0.05, 0) is 31.4 Å². The van der Waals surface area contributed by atoms with Gasteiger partial charge in [-0.1, -0.05) is 0 Å². The van der Waals surface area contributed by atoms with Crippen LogP contribution in [0.3, 0.4) is 0 Å². The first-order valence-corrected chi connectivity index (χ1v) is 6.50. The standard InChI is InChI=1S/C14H17NO4/c1-18-8-2-4-10(14(16)17)11(6-8)15-12-7-9-3-5-13(12)19-9/h2,4,6,9,12-13,15H,3,5,7H2,1H3,(H,16,17). The lowest BCUT2D eigenvalue weighted by Crippen LogP contribution is -2.31. The average Bonchev–Trinajstić information content (AvgIpc) is 3.00. The molecule has 5 nitrogen and oxygen atoms in total. The van der Waals surface area contributed by atoms with E-state index in [2.05, 4.69) is 5.32 Å². The lowest BCUT2D eigenvalue weighted by atomic mass is 9.95. The highest BCUT2D eigenvalue weighted by Gasteiger charge is 2.41. The molecule has 1 aromatic carbocycles. The summed E-state index contributed by atoms with van der Waals surface area (Å²) in [6, 6.07) is 5.16. The Labute approximate surface area is 111 Å². The van der Waals surface area contributed by atoms with Crippen LogP contribution < -0.4 is 10.1 Å². The first-order valence-electron chi connectivity index (χ1n) is 6.50. The number of benzene rings is 1. The van der Waals surface area contributed by atoms with Gasteiger partial charge in [0.1, 0.15) is 5.75 Å². The van der Waals surface area contributed by atoms with Gasteiger partial charge in [0.15, 0.2) is 0 Å². The third-order valence-electron chi connectivity index (χ3n) is 3.90. The largest absolute Gasteiger partial charge is 0.497 e. The van der Waals surface area contributed by atoms with Crippen molar-refractivity contribution in [3.8, 4) is 5.75 Å². The second-order valence-electron chi connectivity index (χ2n) is 5.08. The second kappa shape index (κ2) is 4.74. The van der Waals surface area contributed by atoms with Crippen molar-refractivity contribution < 1.29 is 19.4 Å². The molecule has 2 aliphatic rings. The molecular weight excluding hydrogens is 246 g/mol. The van der Waals surface area contributed by atoms with Gasteiger partial charge >= 0.3 is 5.97 Å². The Morgan fingerprint density at radius 2 is 2.32 bits per heavy atom.